The molecule has 371 valence electrons. The Bertz CT molecular complexity index is 1580. The molecule has 9 rings (SSSR count). The van der Waals surface area contributed by atoms with E-state index in [9.17, 15) is 0 Å². The van der Waals surface area contributed by atoms with Crippen molar-refractivity contribution in [3.63, 3.8) is 0 Å². The van der Waals surface area contributed by atoms with Crippen molar-refractivity contribution in [3.05, 3.63) is 134 Å². The molecule has 0 spiro atoms. The first-order chi connectivity index (χ1) is 30.9. The van der Waals surface area contributed by atoms with E-state index in [-0.39, 0.29) is 45.2 Å². The van der Waals surface area contributed by atoms with Crippen LogP contribution < -0.4 is 16.6 Å². The Morgan fingerprint density at radius 2 is 0.833 bits per heavy atom. The summed E-state index contributed by atoms with van der Waals surface area (Å²) in [5.74, 6) is 0. The van der Waals surface area contributed by atoms with Gasteiger partial charge in [-0.15, -0.1) is 53.9 Å². The molecule has 0 unspecified atom stereocenters. The van der Waals surface area contributed by atoms with Gasteiger partial charge in [0.05, 0.1) is 17.0 Å². The second-order valence-electron chi connectivity index (χ2n) is 17.1. The third kappa shape index (κ3) is 18.2. The molecule has 3 aliphatic carbocycles. The Labute approximate surface area is 434 Å². The van der Waals surface area contributed by atoms with Crippen LogP contribution in [-0.2, 0) is 39.7 Å². The summed E-state index contributed by atoms with van der Waals surface area (Å²) in [5.41, 5.74) is 19.8. The van der Waals surface area contributed by atoms with Gasteiger partial charge in [-0.1, -0.05) is 74.5 Å². The predicted octanol–water partition coefficient (Wildman–Crippen LogP) is 12.2. The average Bonchev–Trinajstić information content (AvgIpc) is 4.07. The van der Waals surface area contributed by atoms with Crippen molar-refractivity contribution in [3.8, 4) is 0 Å². The molecular weight excluding hydrogens is 1040 g/mol. The Hall–Kier alpha value is -2.36. The molecule has 3 N–H and O–H groups in total. The number of nitrogens with zero attached hydrogens (tertiary/aromatic N) is 6. The first-order valence-corrected chi connectivity index (χ1v) is 27.7. The zero-order valence-electron chi connectivity index (χ0n) is 40.3. The minimum atomic E-state index is -0.0465. The number of hydrogen-bond acceptors (Lipinski definition) is 9. The second-order valence-corrected chi connectivity index (χ2v) is 20.6. The van der Waals surface area contributed by atoms with Gasteiger partial charge in [0.1, 0.15) is 0 Å². The van der Waals surface area contributed by atoms with E-state index in [1.807, 2.05) is 129 Å². The Morgan fingerprint density at radius 3 is 1.14 bits per heavy atom. The summed E-state index contributed by atoms with van der Waals surface area (Å²) >= 11 is 1.82. The fourth-order valence-corrected chi connectivity index (χ4v) is 14.8. The second kappa shape index (κ2) is 33.2. The molecule has 3 saturated carbocycles. The zero-order valence-corrected chi connectivity index (χ0v) is 45.2. The van der Waals surface area contributed by atoms with E-state index in [1.54, 1.807) is 96.3 Å². The van der Waals surface area contributed by atoms with Gasteiger partial charge in [0, 0.05) is 71.1 Å². The fraction of sp³-hybridized carbons (Fsp3) is 0.528. The molecule has 3 fully saturated rings. The third-order valence-electron chi connectivity index (χ3n) is 12.8. The summed E-state index contributed by atoms with van der Waals surface area (Å²) in [6.45, 7) is 8.94. The number of hydrazine groups is 6. The Balaban J connectivity index is 0.000000297. The molecule has 13 heteroatoms. The van der Waals surface area contributed by atoms with Crippen LogP contribution in [0, 0.1) is 32.1 Å². The van der Waals surface area contributed by atoms with Crippen LogP contribution in [0.1, 0.15) is 141 Å². The van der Waals surface area contributed by atoms with Crippen molar-refractivity contribution in [2.75, 3.05) is 40.8 Å². The van der Waals surface area contributed by atoms with Crippen molar-refractivity contribution < 1.29 is 39.7 Å². The fourth-order valence-electron chi connectivity index (χ4n) is 9.62. The molecule has 3 heterocycles. The summed E-state index contributed by atoms with van der Waals surface area (Å²) in [4.78, 5) is 0. The van der Waals surface area contributed by atoms with Crippen molar-refractivity contribution >= 4 is 34.7 Å². The standard InChI is InChI=1S/C18H33P.2C11H14N3.C11H13N3.CH4.CH3.Ag.ClH.Ru/c1-4-10-16(11-5-1)19(17-12-6-2-7-13-17)18-14-8-3-9-15-18;3*1-3-14-9-11(13(2)12-14)10-7-5-4-6-8-10;;;;;/h16-18H,1-15H2;2*4-8,12H,3H2,1-2H3;4-7,12H,3H2,1-2H3;1H4;1H3;;1H;/q;2*-1;-2;;-1;;;+4. The molecule has 0 saturated heterocycles. The normalized spacial score (nSPS) is 18.6. The van der Waals surface area contributed by atoms with Gasteiger partial charge < -0.3 is 37.5 Å². The van der Waals surface area contributed by atoms with Crippen LogP contribution >= 0.6 is 17.6 Å². The molecule has 0 amide bonds. The maximum atomic E-state index is 4.57. The topological polar surface area (TPSA) is 55.5 Å². The van der Waals surface area contributed by atoms with Crippen LogP contribution in [0.25, 0.3) is 17.1 Å². The molecule has 3 aliphatic heterocycles. The van der Waals surface area contributed by atoms with Gasteiger partial charge in [0.25, 0.3) is 0 Å². The number of benzene rings is 3. The van der Waals surface area contributed by atoms with Crippen molar-refractivity contribution in [1.29, 1.82) is 0 Å². The van der Waals surface area contributed by atoms with Crippen molar-refractivity contribution in [2.24, 2.45) is 0 Å². The third-order valence-corrected chi connectivity index (χ3v) is 17.3. The number of halogens is 1. The summed E-state index contributed by atoms with van der Waals surface area (Å²) in [6.07, 6.45) is 33.6. The summed E-state index contributed by atoms with van der Waals surface area (Å²) in [7, 11) is 10.5. The van der Waals surface area contributed by atoms with E-state index >= 15 is 0 Å². The van der Waals surface area contributed by atoms with Crippen LogP contribution in [0.15, 0.2) is 84.9 Å². The van der Waals surface area contributed by atoms with E-state index in [4.69, 9.17) is 0 Å². The molecule has 3 aromatic carbocycles. The molecule has 6 aliphatic rings. The summed E-state index contributed by atoms with van der Waals surface area (Å²) < 4.78 is 0. The van der Waals surface area contributed by atoms with Crippen LogP contribution in [0.4, 0.5) is 0 Å². The van der Waals surface area contributed by atoms with E-state index in [1.165, 1.54) is 28.1 Å². The van der Waals surface area contributed by atoms with E-state index < -0.39 is 0 Å². The summed E-state index contributed by atoms with van der Waals surface area (Å²) in [5, 5.41) is 11.7. The number of nitrogens with one attached hydrogen (secondary N) is 3. The van der Waals surface area contributed by atoms with E-state index in [0.717, 1.165) is 42.3 Å². The monoisotopic (exact) mass is 1120 g/mol. The Morgan fingerprint density at radius 1 is 0.515 bits per heavy atom. The van der Waals surface area contributed by atoms with Crippen molar-refractivity contribution in [2.45, 2.75) is 141 Å². The molecule has 3 aromatic rings. The number of rotatable bonds is 9. The van der Waals surface area contributed by atoms with Gasteiger partial charge in [-0.2, -0.15) is 40.6 Å². The van der Waals surface area contributed by atoms with Gasteiger partial charge in [0.15, 0.2) is 0 Å². The zero-order chi connectivity index (χ0) is 44.8. The molecule has 66 heavy (non-hydrogen) atoms. The van der Waals surface area contributed by atoms with Gasteiger partial charge in [0.2, 0.25) is 0 Å². The van der Waals surface area contributed by atoms with Gasteiger partial charge >= 0.3 is 27.0 Å². The minimum absolute atomic E-state index is 0. The van der Waals surface area contributed by atoms with Crippen LogP contribution in [0.5, 0.6) is 0 Å². The van der Waals surface area contributed by atoms with Crippen LogP contribution in [-0.4, -0.2) is 87.8 Å². The van der Waals surface area contributed by atoms with E-state index in [0.29, 0.717) is 0 Å². The van der Waals surface area contributed by atoms with Gasteiger partial charge in [-0.3, -0.25) is 5.56 Å². The average molecular weight is 1120 g/mol. The van der Waals surface area contributed by atoms with Crippen LogP contribution in [0.2, 0.25) is 0 Å². The molecule has 0 aromatic heterocycles. The molecule has 1 radical (unpaired) electrons. The molecule has 9 nitrogen and oxygen atoms in total. The summed E-state index contributed by atoms with van der Waals surface area (Å²) in [6, 6.07) is 31.6. The van der Waals surface area contributed by atoms with Gasteiger partial charge in [-0.25, -0.2) is 12.1 Å². The maximum absolute atomic E-state index is 4.57. The van der Waals surface area contributed by atoms with Crippen LogP contribution in [0.3, 0.4) is 0 Å². The van der Waals surface area contributed by atoms with Crippen molar-refractivity contribution in [1.82, 2.24) is 46.7 Å². The first-order valence-electron chi connectivity index (χ1n) is 23.7. The van der Waals surface area contributed by atoms with E-state index in [2.05, 4.69) is 96.0 Å². The number of hydrogen-bond donors (Lipinski definition) is 3. The predicted molar refractivity (Wildman–Crippen MR) is 276 cm³/mol. The first kappa shape index (κ1) is 59.8. The quantitative estimate of drug-likeness (QED) is 0.111. The molecule has 0 atom stereocenters. The van der Waals surface area contributed by atoms with Gasteiger partial charge in [-0.05, 0) is 97.8 Å². The molecule has 0 bridgehead atoms. The Kier molecular flexibility index (Phi) is 30.1. The SMILES string of the molecule is C.C1CCC([PH+](C2CCCCC2)C2CCCCC2)CC1.CCN1[C-]=C(c2[c-]cccc2)N(C)N1.CCN1[C-]=C(c2ccccc2)N(C)N1.CCN1[C-]=C(c2ccccc2)N(C)N1.[Ag].[CH3-].[Cl][Ru+3]. The molecular formula is C53H82AgClN9PRu-.